The Morgan fingerprint density at radius 3 is 2.44 bits per heavy atom. The third kappa shape index (κ3) is 4.76. The lowest BCUT2D eigenvalue weighted by Gasteiger charge is -2.50. The van der Waals surface area contributed by atoms with Gasteiger partial charge in [0.25, 0.3) is 0 Å². The highest BCUT2D eigenvalue weighted by molar-refractivity contribution is 5.08. The van der Waals surface area contributed by atoms with E-state index >= 15 is 0 Å². The topological polar surface area (TPSA) is 78.4 Å². The maximum atomic E-state index is 9.67. The zero-order valence-corrected chi connectivity index (χ0v) is 23.0. The molecule has 0 aromatic carbocycles. The summed E-state index contributed by atoms with van der Waals surface area (Å²) in [6, 6.07) is 5.26. The quantitative estimate of drug-likeness (QED) is 0.475. The van der Waals surface area contributed by atoms with Crippen LogP contribution in [0.5, 0.6) is 0 Å². The van der Waals surface area contributed by atoms with Crippen LogP contribution in [-0.2, 0) is 0 Å². The SMILES string of the molecule is CN1NC(C2CCC(C(C)(C)C#N)CC2)C2C3CC(C4CNCC(N5CCNC5)C4)CCC3NCC21. The Balaban J connectivity index is 1.14. The smallest absolute Gasteiger partial charge is 0.0686 e. The summed E-state index contributed by atoms with van der Waals surface area (Å²) >= 11 is 0. The van der Waals surface area contributed by atoms with Gasteiger partial charge in [0, 0.05) is 64.1 Å². The van der Waals surface area contributed by atoms with Gasteiger partial charge >= 0.3 is 0 Å². The number of hydrogen-bond donors (Lipinski definition) is 4. The maximum Gasteiger partial charge on any atom is 0.0686 e. The molecule has 0 amide bonds. The second kappa shape index (κ2) is 10.4. The average molecular weight is 498 g/mol. The van der Waals surface area contributed by atoms with E-state index in [1.165, 1.54) is 71.0 Å². The zero-order chi connectivity index (χ0) is 24.9. The van der Waals surface area contributed by atoms with Crippen molar-refractivity contribution in [3.05, 3.63) is 0 Å². The van der Waals surface area contributed by atoms with Gasteiger partial charge in [-0.1, -0.05) is 0 Å². The third-order valence-electron chi connectivity index (χ3n) is 11.8. The number of nitriles is 1. The van der Waals surface area contributed by atoms with Gasteiger partial charge < -0.3 is 16.0 Å². The van der Waals surface area contributed by atoms with Crippen molar-refractivity contribution in [1.29, 1.82) is 5.26 Å². The number of rotatable bonds is 4. The minimum Gasteiger partial charge on any atom is -0.315 e. The molecule has 2 saturated carbocycles. The van der Waals surface area contributed by atoms with Crippen LogP contribution in [0.3, 0.4) is 0 Å². The molecule has 4 saturated heterocycles. The fourth-order valence-electron chi connectivity index (χ4n) is 9.49. The predicted molar refractivity (Wildman–Crippen MR) is 144 cm³/mol. The van der Waals surface area contributed by atoms with E-state index in [9.17, 15) is 5.26 Å². The summed E-state index contributed by atoms with van der Waals surface area (Å²) < 4.78 is 0. The first kappa shape index (κ1) is 25.5. The highest BCUT2D eigenvalue weighted by Gasteiger charge is 2.54. The molecule has 202 valence electrons. The first-order chi connectivity index (χ1) is 17.4. The molecule has 8 unspecified atom stereocenters. The molecule has 6 rings (SSSR count). The largest absolute Gasteiger partial charge is 0.315 e. The molecular formula is C29H51N7. The minimum atomic E-state index is -0.180. The normalized spacial score (nSPS) is 46.7. The monoisotopic (exact) mass is 497 g/mol. The highest BCUT2D eigenvalue weighted by atomic mass is 15.6. The molecule has 7 heteroatoms. The summed E-state index contributed by atoms with van der Waals surface area (Å²) in [4.78, 5) is 2.68. The Kier molecular flexibility index (Phi) is 7.40. The summed E-state index contributed by atoms with van der Waals surface area (Å²) in [6.45, 7) is 11.3. The molecule has 8 atom stereocenters. The van der Waals surface area contributed by atoms with Gasteiger partial charge in [0.05, 0.1) is 11.5 Å². The number of hydrazine groups is 1. The van der Waals surface area contributed by atoms with E-state index in [2.05, 4.69) is 58.2 Å². The maximum absolute atomic E-state index is 9.67. The second-order valence-electron chi connectivity index (χ2n) is 13.9. The standard InChI is InChI=1S/C29H51N7/c1-29(2,17-30)22-7-4-19(5-8-22)28-27-24-13-20(6-9-25(24)33-16-26(27)35(3)34-28)21-12-23(15-32-14-21)36-11-10-31-18-36/h19-28,31-34H,4-16,18H2,1-3H3. The summed E-state index contributed by atoms with van der Waals surface area (Å²) in [7, 11) is 2.30. The fourth-order valence-corrected chi connectivity index (χ4v) is 9.49. The molecule has 0 bridgehead atoms. The molecule has 7 nitrogen and oxygen atoms in total. The van der Waals surface area contributed by atoms with Crippen LogP contribution in [-0.4, -0.2) is 80.5 Å². The van der Waals surface area contributed by atoms with Gasteiger partial charge in [-0.25, -0.2) is 5.01 Å². The summed E-state index contributed by atoms with van der Waals surface area (Å²) in [5, 5.41) is 23.5. The van der Waals surface area contributed by atoms with Crippen LogP contribution < -0.4 is 21.4 Å². The van der Waals surface area contributed by atoms with Crippen molar-refractivity contribution in [2.75, 3.05) is 46.4 Å². The van der Waals surface area contributed by atoms with E-state index in [0.29, 0.717) is 30.1 Å². The van der Waals surface area contributed by atoms with Gasteiger partial charge in [-0.05, 0) is 107 Å². The van der Waals surface area contributed by atoms with Crippen molar-refractivity contribution in [3.63, 3.8) is 0 Å². The van der Waals surface area contributed by atoms with Crippen LogP contribution >= 0.6 is 0 Å². The van der Waals surface area contributed by atoms with Crippen LogP contribution in [0.25, 0.3) is 0 Å². The fraction of sp³-hybridized carbons (Fsp3) is 0.966. The van der Waals surface area contributed by atoms with Gasteiger partial charge in [0.15, 0.2) is 0 Å². The van der Waals surface area contributed by atoms with Crippen LogP contribution in [0, 0.1) is 52.3 Å². The molecule has 6 aliphatic rings. The van der Waals surface area contributed by atoms with Crippen LogP contribution in [0.2, 0.25) is 0 Å². The summed E-state index contributed by atoms with van der Waals surface area (Å²) in [5.41, 5.74) is 3.83. The molecule has 0 spiro atoms. The number of nitrogens with zero attached hydrogens (tertiary/aromatic N) is 3. The van der Waals surface area contributed by atoms with E-state index in [4.69, 9.17) is 0 Å². The van der Waals surface area contributed by atoms with Crippen LogP contribution in [0.4, 0.5) is 0 Å². The molecule has 4 N–H and O–H groups in total. The summed E-state index contributed by atoms with van der Waals surface area (Å²) in [6.07, 6.45) is 10.6. The number of piperidine rings is 2. The van der Waals surface area contributed by atoms with Crippen molar-refractivity contribution in [2.45, 2.75) is 89.4 Å². The molecule has 0 aromatic rings. The molecule has 2 aliphatic carbocycles. The van der Waals surface area contributed by atoms with Gasteiger partial charge in [-0.15, -0.1) is 0 Å². The van der Waals surface area contributed by atoms with Gasteiger partial charge in [-0.2, -0.15) is 5.26 Å². The zero-order valence-electron chi connectivity index (χ0n) is 23.0. The highest BCUT2D eigenvalue weighted by Crippen LogP contribution is 2.49. The van der Waals surface area contributed by atoms with Crippen LogP contribution in [0.1, 0.15) is 65.2 Å². The van der Waals surface area contributed by atoms with E-state index in [-0.39, 0.29) is 5.41 Å². The first-order valence-corrected chi connectivity index (χ1v) is 15.2. The number of fused-ring (bicyclic) bond motifs is 3. The van der Waals surface area contributed by atoms with Gasteiger partial charge in [0.1, 0.15) is 0 Å². The lowest BCUT2D eigenvalue weighted by Crippen LogP contribution is -2.59. The van der Waals surface area contributed by atoms with Crippen molar-refractivity contribution < 1.29 is 0 Å². The number of nitrogens with one attached hydrogen (secondary N) is 4. The Labute approximate surface area is 219 Å². The van der Waals surface area contributed by atoms with Crippen molar-refractivity contribution in [2.24, 2.45) is 40.9 Å². The lowest BCUT2D eigenvalue weighted by atomic mass is 9.60. The van der Waals surface area contributed by atoms with Gasteiger partial charge in [0.2, 0.25) is 0 Å². The van der Waals surface area contributed by atoms with Crippen molar-refractivity contribution in [3.8, 4) is 6.07 Å². The number of hydrogen-bond acceptors (Lipinski definition) is 7. The molecule has 6 fully saturated rings. The van der Waals surface area contributed by atoms with Crippen molar-refractivity contribution in [1.82, 2.24) is 31.3 Å². The lowest BCUT2D eigenvalue weighted by molar-refractivity contribution is 0.0312. The van der Waals surface area contributed by atoms with E-state index in [0.717, 1.165) is 49.3 Å². The number of likely N-dealkylation sites (N-methyl/N-ethyl adjacent to an activating group) is 1. The molecule has 4 aliphatic heterocycles. The van der Waals surface area contributed by atoms with Gasteiger partial charge in [-0.3, -0.25) is 10.3 Å². The third-order valence-corrected chi connectivity index (χ3v) is 11.8. The minimum absolute atomic E-state index is 0.180. The Morgan fingerprint density at radius 1 is 0.889 bits per heavy atom. The molecular weight excluding hydrogens is 446 g/mol. The molecule has 4 heterocycles. The summed E-state index contributed by atoms with van der Waals surface area (Å²) in [5.74, 6) is 4.59. The molecule has 0 aromatic heterocycles. The second-order valence-corrected chi connectivity index (χ2v) is 13.9. The Hall–Kier alpha value is -0.750. The first-order valence-electron chi connectivity index (χ1n) is 15.2. The predicted octanol–water partition coefficient (Wildman–Crippen LogP) is 2.37. The van der Waals surface area contributed by atoms with Crippen LogP contribution in [0.15, 0.2) is 0 Å². The molecule has 36 heavy (non-hydrogen) atoms. The Morgan fingerprint density at radius 2 is 1.69 bits per heavy atom. The van der Waals surface area contributed by atoms with E-state index in [1.807, 2.05) is 0 Å². The molecule has 0 radical (unpaired) electrons. The van der Waals surface area contributed by atoms with E-state index < -0.39 is 0 Å². The Bertz CT molecular complexity index is 796. The average Bonchev–Trinajstić information content (AvgIpc) is 3.57. The van der Waals surface area contributed by atoms with E-state index in [1.54, 1.807) is 0 Å². The van der Waals surface area contributed by atoms with Crippen molar-refractivity contribution >= 4 is 0 Å².